The first-order chi connectivity index (χ1) is 13.3. The van der Waals surface area contributed by atoms with E-state index in [2.05, 4.69) is 10.8 Å². The van der Waals surface area contributed by atoms with E-state index in [4.69, 9.17) is 15.1 Å². The van der Waals surface area contributed by atoms with Gasteiger partial charge in [0, 0.05) is 12.1 Å². The molecule has 0 aliphatic heterocycles. The Balaban J connectivity index is 1.92. The van der Waals surface area contributed by atoms with E-state index in [0.717, 1.165) is 18.2 Å². The molecule has 11 heteroatoms. The van der Waals surface area contributed by atoms with Crippen LogP contribution in [0, 0.1) is 10.1 Å². The third-order valence-electron chi connectivity index (χ3n) is 3.59. The number of non-ortho nitro benzene ring substituents is 1. The van der Waals surface area contributed by atoms with E-state index in [-0.39, 0.29) is 24.4 Å². The molecule has 0 saturated heterocycles. The second-order valence-electron chi connectivity index (χ2n) is 5.37. The molecular formula is C17H15N3O8. The second kappa shape index (κ2) is 9.21. The largest absolute Gasteiger partial charge is 0.478 e. The molecule has 0 atom stereocenters. The predicted molar refractivity (Wildman–Crippen MR) is 93.7 cm³/mol. The summed E-state index contributed by atoms with van der Waals surface area (Å²) in [6, 6.07) is 9.07. The fourth-order valence-electron chi connectivity index (χ4n) is 2.27. The van der Waals surface area contributed by atoms with Crippen LogP contribution in [-0.2, 0) is 11.4 Å². The van der Waals surface area contributed by atoms with Crippen molar-refractivity contribution in [3.05, 3.63) is 74.8 Å². The number of nitro groups is 1. The van der Waals surface area contributed by atoms with Crippen molar-refractivity contribution in [2.75, 3.05) is 6.67 Å². The smallest absolute Gasteiger partial charge is 0.336 e. The van der Waals surface area contributed by atoms with Crippen molar-refractivity contribution in [1.82, 2.24) is 10.8 Å². The molecule has 146 valence electrons. The number of nitro benzene ring substituents is 1. The Morgan fingerprint density at radius 1 is 1.00 bits per heavy atom. The molecular weight excluding hydrogens is 374 g/mol. The maximum Gasteiger partial charge on any atom is 0.336 e. The van der Waals surface area contributed by atoms with Crippen molar-refractivity contribution in [2.45, 2.75) is 6.61 Å². The van der Waals surface area contributed by atoms with Gasteiger partial charge in [-0.1, -0.05) is 18.2 Å². The zero-order valence-corrected chi connectivity index (χ0v) is 14.2. The average molecular weight is 389 g/mol. The van der Waals surface area contributed by atoms with Crippen LogP contribution in [0.5, 0.6) is 0 Å². The lowest BCUT2D eigenvalue weighted by atomic mass is 10.1. The van der Waals surface area contributed by atoms with E-state index in [1.54, 1.807) is 18.2 Å². The van der Waals surface area contributed by atoms with Crippen molar-refractivity contribution >= 4 is 23.5 Å². The zero-order valence-electron chi connectivity index (χ0n) is 14.2. The molecule has 0 aromatic heterocycles. The van der Waals surface area contributed by atoms with Gasteiger partial charge >= 0.3 is 11.9 Å². The molecule has 0 fully saturated rings. The molecule has 28 heavy (non-hydrogen) atoms. The molecule has 0 bridgehead atoms. The minimum Gasteiger partial charge on any atom is -0.478 e. The third kappa shape index (κ3) is 5.09. The number of rotatable bonds is 9. The molecule has 0 saturated carbocycles. The number of benzene rings is 2. The zero-order chi connectivity index (χ0) is 20.7. The lowest BCUT2D eigenvalue weighted by molar-refractivity contribution is -0.384. The van der Waals surface area contributed by atoms with Gasteiger partial charge in [-0.2, -0.15) is 5.48 Å². The average Bonchev–Trinajstić information content (AvgIpc) is 2.67. The van der Waals surface area contributed by atoms with Gasteiger partial charge < -0.3 is 15.5 Å². The quantitative estimate of drug-likeness (QED) is 0.214. The Labute approximate surface area is 157 Å². The summed E-state index contributed by atoms with van der Waals surface area (Å²) >= 11 is 0. The van der Waals surface area contributed by atoms with E-state index >= 15 is 0 Å². The molecule has 2 aromatic rings. The van der Waals surface area contributed by atoms with E-state index < -0.39 is 34.0 Å². The molecule has 0 heterocycles. The maximum atomic E-state index is 12.1. The summed E-state index contributed by atoms with van der Waals surface area (Å²) in [6.07, 6.45) is 0. The fraction of sp³-hybridized carbons (Fsp3) is 0.118. The van der Waals surface area contributed by atoms with Crippen LogP contribution in [0.4, 0.5) is 5.69 Å². The summed E-state index contributed by atoms with van der Waals surface area (Å²) in [5, 5.41) is 31.3. The Bertz CT molecular complexity index is 928. The number of carboxylic acids is 2. The first kappa shape index (κ1) is 20.5. The van der Waals surface area contributed by atoms with Crippen LogP contribution in [0.2, 0.25) is 0 Å². The molecule has 0 spiro atoms. The van der Waals surface area contributed by atoms with Gasteiger partial charge in [-0.05, 0) is 17.7 Å². The lowest BCUT2D eigenvalue weighted by Gasteiger charge is -2.10. The Hall–Kier alpha value is -3.83. The van der Waals surface area contributed by atoms with Gasteiger partial charge in [-0.25, -0.2) is 9.59 Å². The van der Waals surface area contributed by atoms with Gasteiger partial charge in [0.1, 0.15) is 0 Å². The highest BCUT2D eigenvalue weighted by Gasteiger charge is 2.20. The van der Waals surface area contributed by atoms with Crippen molar-refractivity contribution in [3.63, 3.8) is 0 Å². The van der Waals surface area contributed by atoms with Crippen LogP contribution in [0.25, 0.3) is 0 Å². The molecule has 2 rings (SSSR count). The highest BCUT2D eigenvalue weighted by atomic mass is 16.6. The van der Waals surface area contributed by atoms with Crippen molar-refractivity contribution in [3.8, 4) is 0 Å². The molecule has 0 unspecified atom stereocenters. The van der Waals surface area contributed by atoms with Crippen LogP contribution in [0.3, 0.4) is 0 Å². The van der Waals surface area contributed by atoms with Gasteiger partial charge in [0.25, 0.3) is 11.6 Å². The standard InChI is InChI=1S/C17H15N3O8/c21-15(13-6-5-11(20(26)27)7-14(13)17(24)25)18-9-19-28-8-10-3-1-2-4-12(10)16(22)23/h1-7,19H,8-9H2,(H,18,21)(H,22,23)(H,24,25). The Morgan fingerprint density at radius 2 is 1.68 bits per heavy atom. The molecule has 1 amide bonds. The molecule has 0 aliphatic rings. The number of amides is 1. The summed E-state index contributed by atoms with van der Waals surface area (Å²) in [5.74, 6) is -3.37. The Kier molecular flexibility index (Phi) is 6.73. The number of carboxylic acid groups (broad SMARTS) is 2. The molecule has 2 aromatic carbocycles. The minimum absolute atomic E-state index is 0.0744. The van der Waals surface area contributed by atoms with Crippen molar-refractivity contribution < 1.29 is 34.4 Å². The first-order valence-corrected chi connectivity index (χ1v) is 7.77. The minimum atomic E-state index is -1.48. The normalized spacial score (nSPS) is 10.3. The summed E-state index contributed by atoms with van der Waals surface area (Å²) in [4.78, 5) is 49.5. The number of hydrogen-bond acceptors (Lipinski definition) is 7. The molecule has 0 radical (unpaired) electrons. The summed E-state index contributed by atoms with van der Waals surface area (Å²) in [7, 11) is 0. The monoisotopic (exact) mass is 389 g/mol. The van der Waals surface area contributed by atoms with Crippen LogP contribution < -0.4 is 10.8 Å². The summed E-state index contributed by atoms with van der Waals surface area (Å²) in [5.41, 5.74) is 1.67. The van der Waals surface area contributed by atoms with Gasteiger partial charge in [0.05, 0.1) is 34.9 Å². The fourth-order valence-corrected chi connectivity index (χ4v) is 2.27. The number of carbonyl (C=O) groups is 3. The van der Waals surface area contributed by atoms with Crippen LogP contribution in [-0.4, -0.2) is 39.7 Å². The number of aromatic carboxylic acids is 2. The molecule has 11 nitrogen and oxygen atoms in total. The SMILES string of the molecule is O=C(O)c1ccccc1CONCNC(=O)c1ccc([N+](=O)[O-])cc1C(=O)O. The number of hydroxylamine groups is 1. The number of carbonyl (C=O) groups excluding carboxylic acids is 1. The summed E-state index contributed by atoms with van der Waals surface area (Å²) in [6.45, 7) is -0.305. The molecule has 4 N–H and O–H groups in total. The summed E-state index contributed by atoms with van der Waals surface area (Å²) < 4.78 is 0. The number of nitrogens with zero attached hydrogens (tertiary/aromatic N) is 1. The van der Waals surface area contributed by atoms with Crippen LogP contribution >= 0.6 is 0 Å². The van der Waals surface area contributed by atoms with E-state index in [0.29, 0.717) is 5.56 Å². The van der Waals surface area contributed by atoms with Gasteiger partial charge in [0.2, 0.25) is 0 Å². The Morgan fingerprint density at radius 3 is 2.32 bits per heavy atom. The topological polar surface area (TPSA) is 168 Å². The van der Waals surface area contributed by atoms with E-state index in [9.17, 15) is 24.5 Å². The third-order valence-corrected chi connectivity index (χ3v) is 3.59. The van der Waals surface area contributed by atoms with Crippen LogP contribution in [0.15, 0.2) is 42.5 Å². The van der Waals surface area contributed by atoms with E-state index in [1.165, 1.54) is 6.07 Å². The highest BCUT2D eigenvalue weighted by Crippen LogP contribution is 2.18. The van der Waals surface area contributed by atoms with Crippen molar-refractivity contribution in [1.29, 1.82) is 0 Å². The van der Waals surface area contributed by atoms with Crippen molar-refractivity contribution in [2.24, 2.45) is 0 Å². The van der Waals surface area contributed by atoms with Gasteiger partial charge in [0.15, 0.2) is 0 Å². The first-order valence-electron chi connectivity index (χ1n) is 7.77. The second-order valence-corrected chi connectivity index (χ2v) is 5.37. The van der Waals surface area contributed by atoms with Crippen LogP contribution in [0.1, 0.15) is 36.6 Å². The molecule has 0 aliphatic carbocycles. The lowest BCUT2D eigenvalue weighted by Crippen LogP contribution is -2.34. The predicted octanol–water partition coefficient (Wildman–Crippen LogP) is 1.40. The van der Waals surface area contributed by atoms with Gasteiger partial charge in [-0.3, -0.25) is 19.7 Å². The van der Waals surface area contributed by atoms with E-state index in [1.807, 2.05) is 0 Å². The highest BCUT2D eigenvalue weighted by molar-refractivity contribution is 6.05. The maximum absolute atomic E-state index is 12.1. The van der Waals surface area contributed by atoms with Gasteiger partial charge in [-0.15, -0.1) is 0 Å². The number of nitrogens with one attached hydrogen (secondary N) is 2. The number of hydrogen-bond donors (Lipinski definition) is 4.